The van der Waals surface area contributed by atoms with Crippen LogP contribution in [0.1, 0.15) is 53.0 Å². The van der Waals surface area contributed by atoms with Crippen LogP contribution in [-0.4, -0.2) is 58.6 Å². The second-order valence-corrected chi connectivity index (χ2v) is 10.5. The van der Waals surface area contributed by atoms with Gasteiger partial charge in [0.1, 0.15) is 0 Å². The van der Waals surface area contributed by atoms with E-state index in [-0.39, 0.29) is 18.5 Å². The standard InChI is InChI=1S/C25H40N4O4/c1-16(2)11-12-29(24(33)28-25(3,4)5)15-21(30)20(13-17-9-7-6-8-10-17)27-23(32)19-14-18(19)22(26)31/h6-10,16,18-21,30H,11-15H2,1-5H3,(H2,26,31)(H,27,32)(H,28,33)/t18?,19?,20-,21+/m0/s1. The third-order valence-corrected chi connectivity index (χ3v) is 5.74. The predicted octanol–water partition coefficient (Wildman–Crippen LogP) is 2.05. The van der Waals surface area contributed by atoms with Crippen molar-refractivity contribution in [1.82, 2.24) is 15.5 Å². The summed E-state index contributed by atoms with van der Waals surface area (Å²) >= 11 is 0. The minimum Gasteiger partial charge on any atom is -0.389 e. The van der Waals surface area contributed by atoms with E-state index < -0.39 is 35.4 Å². The Morgan fingerprint density at radius 1 is 1.15 bits per heavy atom. The van der Waals surface area contributed by atoms with Crippen LogP contribution in [0.5, 0.6) is 0 Å². The summed E-state index contributed by atoms with van der Waals surface area (Å²) in [7, 11) is 0. The highest BCUT2D eigenvalue weighted by molar-refractivity contribution is 5.91. The maximum Gasteiger partial charge on any atom is 0.317 e. The summed E-state index contributed by atoms with van der Waals surface area (Å²) in [5.41, 5.74) is 5.87. The van der Waals surface area contributed by atoms with Gasteiger partial charge in [-0.1, -0.05) is 44.2 Å². The van der Waals surface area contributed by atoms with Crippen molar-refractivity contribution in [1.29, 1.82) is 0 Å². The quantitative estimate of drug-likeness (QED) is 0.403. The van der Waals surface area contributed by atoms with Crippen molar-refractivity contribution < 1.29 is 19.5 Å². The fourth-order valence-corrected chi connectivity index (χ4v) is 3.68. The minimum atomic E-state index is -0.988. The van der Waals surface area contributed by atoms with Crippen molar-refractivity contribution in [2.24, 2.45) is 23.5 Å². The van der Waals surface area contributed by atoms with Crippen LogP contribution in [0.3, 0.4) is 0 Å². The van der Waals surface area contributed by atoms with Crippen molar-refractivity contribution >= 4 is 17.8 Å². The van der Waals surface area contributed by atoms with Gasteiger partial charge in [0.2, 0.25) is 11.8 Å². The number of aliphatic hydroxyl groups is 1. The molecule has 0 saturated heterocycles. The molecule has 2 rings (SSSR count). The topological polar surface area (TPSA) is 125 Å². The van der Waals surface area contributed by atoms with Gasteiger partial charge in [-0.25, -0.2) is 4.79 Å². The zero-order valence-electron chi connectivity index (χ0n) is 20.5. The number of nitrogens with two attached hydrogens (primary N) is 1. The molecule has 0 heterocycles. The number of carbonyl (C=O) groups is 3. The van der Waals surface area contributed by atoms with Gasteiger partial charge in [-0.3, -0.25) is 9.59 Å². The fourth-order valence-electron chi connectivity index (χ4n) is 3.68. The lowest BCUT2D eigenvalue weighted by Crippen LogP contribution is -2.55. The lowest BCUT2D eigenvalue weighted by molar-refractivity contribution is -0.127. The first-order chi connectivity index (χ1) is 15.4. The van der Waals surface area contributed by atoms with Gasteiger partial charge >= 0.3 is 6.03 Å². The van der Waals surface area contributed by atoms with E-state index in [9.17, 15) is 19.5 Å². The maximum atomic E-state index is 12.9. The van der Waals surface area contributed by atoms with Crippen LogP contribution in [0.4, 0.5) is 4.79 Å². The molecule has 8 nitrogen and oxygen atoms in total. The Hall–Kier alpha value is -2.61. The number of aliphatic hydroxyl groups excluding tert-OH is 1. The van der Waals surface area contributed by atoms with Crippen LogP contribution in [0, 0.1) is 17.8 Å². The van der Waals surface area contributed by atoms with E-state index in [1.54, 1.807) is 4.90 Å². The van der Waals surface area contributed by atoms with Crippen LogP contribution >= 0.6 is 0 Å². The Bertz CT molecular complexity index is 806. The lowest BCUT2D eigenvalue weighted by atomic mass is 10.00. The number of nitrogens with zero attached hydrogens (tertiary/aromatic N) is 1. The Kier molecular flexibility index (Phi) is 9.28. The van der Waals surface area contributed by atoms with Crippen molar-refractivity contribution in [2.75, 3.05) is 13.1 Å². The zero-order chi connectivity index (χ0) is 24.8. The number of hydrogen-bond acceptors (Lipinski definition) is 4. The van der Waals surface area contributed by atoms with Crippen molar-refractivity contribution in [2.45, 2.75) is 71.6 Å². The number of primary amides is 1. The molecule has 33 heavy (non-hydrogen) atoms. The normalized spacial score (nSPS) is 19.5. The number of nitrogens with one attached hydrogen (secondary N) is 2. The first kappa shape index (κ1) is 26.6. The van der Waals surface area contributed by atoms with Gasteiger partial charge in [-0.2, -0.15) is 0 Å². The van der Waals surface area contributed by atoms with Crippen LogP contribution in [0.15, 0.2) is 30.3 Å². The van der Waals surface area contributed by atoms with Gasteiger partial charge in [0, 0.05) is 12.1 Å². The molecular weight excluding hydrogens is 420 g/mol. The molecule has 0 bridgehead atoms. The van der Waals surface area contributed by atoms with Gasteiger partial charge in [0.25, 0.3) is 0 Å². The average molecular weight is 461 g/mol. The molecule has 8 heteroatoms. The molecule has 4 amide bonds. The van der Waals surface area contributed by atoms with Gasteiger partial charge < -0.3 is 26.4 Å². The van der Waals surface area contributed by atoms with Gasteiger partial charge in [0.15, 0.2) is 0 Å². The largest absolute Gasteiger partial charge is 0.389 e. The molecule has 0 aromatic heterocycles. The first-order valence-electron chi connectivity index (χ1n) is 11.8. The van der Waals surface area contributed by atoms with Gasteiger partial charge in [-0.05, 0) is 51.5 Å². The second kappa shape index (κ2) is 11.5. The molecule has 0 radical (unpaired) electrons. The smallest absolute Gasteiger partial charge is 0.317 e. The summed E-state index contributed by atoms with van der Waals surface area (Å²) in [4.78, 5) is 38.6. The van der Waals surface area contributed by atoms with E-state index in [1.165, 1.54) is 0 Å². The average Bonchev–Trinajstić information content (AvgIpc) is 3.51. The number of urea groups is 1. The van der Waals surface area contributed by atoms with E-state index in [0.29, 0.717) is 25.3 Å². The molecule has 0 spiro atoms. The lowest BCUT2D eigenvalue weighted by Gasteiger charge is -2.33. The Balaban J connectivity index is 2.15. The minimum absolute atomic E-state index is 0.0797. The molecular formula is C25H40N4O4. The summed E-state index contributed by atoms with van der Waals surface area (Å²) in [6.07, 6.45) is 0.644. The predicted molar refractivity (Wildman–Crippen MR) is 128 cm³/mol. The Labute approximate surface area is 197 Å². The molecule has 0 aliphatic heterocycles. The summed E-state index contributed by atoms with van der Waals surface area (Å²) in [6, 6.07) is 8.70. The van der Waals surface area contributed by atoms with Gasteiger partial charge in [0.05, 0.1) is 30.5 Å². The Morgan fingerprint density at radius 3 is 2.30 bits per heavy atom. The number of rotatable bonds is 11. The third-order valence-electron chi connectivity index (χ3n) is 5.74. The molecule has 1 aliphatic rings. The Morgan fingerprint density at radius 2 is 1.79 bits per heavy atom. The zero-order valence-corrected chi connectivity index (χ0v) is 20.5. The highest BCUT2D eigenvalue weighted by atomic mass is 16.3. The highest BCUT2D eigenvalue weighted by Gasteiger charge is 2.47. The van der Waals surface area contributed by atoms with Crippen molar-refractivity contribution in [3.05, 3.63) is 35.9 Å². The molecule has 184 valence electrons. The fraction of sp³-hybridized carbons (Fsp3) is 0.640. The van der Waals surface area contributed by atoms with Crippen LogP contribution in [0.25, 0.3) is 0 Å². The maximum absolute atomic E-state index is 12.9. The number of carbonyl (C=O) groups excluding carboxylic acids is 3. The SMILES string of the molecule is CC(C)CCN(C[C@@H](O)[C@H](Cc1ccccc1)NC(=O)C1CC1C(N)=O)C(=O)NC(C)(C)C. The molecule has 1 fully saturated rings. The number of hydrogen-bond donors (Lipinski definition) is 4. The summed E-state index contributed by atoms with van der Waals surface area (Å²) in [6.45, 7) is 10.5. The van der Waals surface area contributed by atoms with E-state index in [0.717, 1.165) is 12.0 Å². The molecule has 1 aromatic carbocycles. The highest BCUT2D eigenvalue weighted by Crippen LogP contribution is 2.38. The van der Waals surface area contributed by atoms with E-state index >= 15 is 0 Å². The summed E-state index contributed by atoms with van der Waals surface area (Å²) in [5, 5.41) is 17.0. The second-order valence-electron chi connectivity index (χ2n) is 10.5. The van der Waals surface area contributed by atoms with E-state index in [2.05, 4.69) is 24.5 Å². The number of benzene rings is 1. The summed E-state index contributed by atoms with van der Waals surface area (Å²) in [5.74, 6) is -1.26. The van der Waals surface area contributed by atoms with E-state index in [1.807, 2.05) is 51.1 Å². The molecule has 1 aromatic rings. The monoisotopic (exact) mass is 460 g/mol. The molecule has 4 atom stereocenters. The van der Waals surface area contributed by atoms with Crippen molar-refractivity contribution in [3.8, 4) is 0 Å². The van der Waals surface area contributed by atoms with Crippen molar-refractivity contribution in [3.63, 3.8) is 0 Å². The first-order valence-corrected chi connectivity index (χ1v) is 11.8. The number of amides is 4. The molecule has 1 aliphatic carbocycles. The summed E-state index contributed by atoms with van der Waals surface area (Å²) < 4.78 is 0. The third kappa shape index (κ3) is 9.04. The van der Waals surface area contributed by atoms with Crippen LogP contribution < -0.4 is 16.4 Å². The van der Waals surface area contributed by atoms with Gasteiger partial charge in [-0.15, -0.1) is 0 Å². The molecule has 2 unspecified atom stereocenters. The van der Waals surface area contributed by atoms with Crippen LogP contribution in [-0.2, 0) is 16.0 Å². The molecule has 5 N–H and O–H groups in total. The molecule has 1 saturated carbocycles. The van der Waals surface area contributed by atoms with E-state index in [4.69, 9.17) is 5.73 Å². The van der Waals surface area contributed by atoms with Crippen LogP contribution in [0.2, 0.25) is 0 Å².